The SMILES string of the molecule is Fc1cc(Cl)c(NC2CCc3cc(F)ccc32)c(Br)c1. The second-order valence-corrected chi connectivity index (χ2v) is 6.08. The van der Waals surface area contributed by atoms with Crippen LogP contribution in [0.3, 0.4) is 0 Å². The molecule has 0 spiro atoms. The number of hydrogen-bond acceptors (Lipinski definition) is 1. The van der Waals surface area contributed by atoms with Crippen LogP contribution in [0.4, 0.5) is 14.5 Å². The van der Waals surface area contributed by atoms with Crippen molar-refractivity contribution in [3.63, 3.8) is 0 Å². The number of anilines is 1. The van der Waals surface area contributed by atoms with Crippen LogP contribution in [0.5, 0.6) is 0 Å². The van der Waals surface area contributed by atoms with Crippen LogP contribution < -0.4 is 5.32 Å². The molecule has 1 nitrogen and oxygen atoms in total. The van der Waals surface area contributed by atoms with Crippen molar-refractivity contribution < 1.29 is 8.78 Å². The topological polar surface area (TPSA) is 12.0 Å². The van der Waals surface area contributed by atoms with Crippen LogP contribution in [0.2, 0.25) is 5.02 Å². The van der Waals surface area contributed by atoms with Crippen molar-refractivity contribution in [2.45, 2.75) is 18.9 Å². The molecule has 0 amide bonds. The first-order valence-electron chi connectivity index (χ1n) is 6.24. The standard InChI is InChI=1S/C15H11BrClF2N/c16-12-6-10(19)7-13(17)15(12)20-14-4-1-8-5-9(18)2-3-11(8)14/h2-3,5-7,14,20H,1,4H2. The molecule has 0 fully saturated rings. The van der Waals surface area contributed by atoms with E-state index in [1.165, 1.54) is 18.2 Å². The highest BCUT2D eigenvalue weighted by Gasteiger charge is 2.24. The van der Waals surface area contributed by atoms with E-state index in [1.54, 1.807) is 12.1 Å². The Morgan fingerprint density at radius 1 is 1.15 bits per heavy atom. The monoisotopic (exact) mass is 357 g/mol. The van der Waals surface area contributed by atoms with E-state index in [2.05, 4.69) is 21.2 Å². The lowest BCUT2D eigenvalue weighted by molar-refractivity contribution is 0.625. The summed E-state index contributed by atoms with van der Waals surface area (Å²) in [6.45, 7) is 0. The van der Waals surface area contributed by atoms with Gasteiger partial charge in [0.2, 0.25) is 0 Å². The van der Waals surface area contributed by atoms with Crippen molar-refractivity contribution >= 4 is 33.2 Å². The highest BCUT2D eigenvalue weighted by atomic mass is 79.9. The number of fused-ring (bicyclic) bond motifs is 1. The number of halogens is 4. The second kappa shape index (κ2) is 5.34. The number of aryl methyl sites for hydroxylation is 1. The zero-order valence-corrected chi connectivity index (χ0v) is 12.7. The van der Waals surface area contributed by atoms with Crippen LogP contribution >= 0.6 is 27.5 Å². The Hall–Kier alpha value is -1.13. The molecule has 5 heteroatoms. The molecular formula is C15H11BrClF2N. The van der Waals surface area contributed by atoms with E-state index in [0.717, 1.165) is 24.0 Å². The highest BCUT2D eigenvalue weighted by Crippen LogP contribution is 2.39. The molecule has 2 aromatic carbocycles. The van der Waals surface area contributed by atoms with E-state index in [1.807, 2.05) is 0 Å². The van der Waals surface area contributed by atoms with Crippen molar-refractivity contribution in [2.24, 2.45) is 0 Å². The fourth-order valence-electron chi connectivity index (χ4n) is 2.59. The van der Waals surface area contributed by atoms with Gasteiger partial charge in [0, 0.05) is 4.47 Å². The van der Waals surface area contributed by atoms with Gasteiger partial charge < -0.3 is 5.32 Å². The minimum atomic E-state index is -0.388. The van der Waals surface area contributed by atoms with E-state index >= 15 is 0 Å². The molecule has 1 unspecified atom stereocenters. The first kappa shape index (κ1) is 13.8. The molecule has 0 saturated heterocycles. The molecule has 1 N–H and O–H groups in total. The molecular weight excluding hydrogens is 348 g/mol. The minimum absolute atomic E-state index is 0.0601. The van der Waals surface area contributed by atoms with Crippen molar-refractivity contribution in [3.8, 4) is 0 Å². The fraction of sp³-hybridized carbons (Fsp3) is 0.200. The van der Waals surface area contributed by atoms with Crippen LogP contribution in [-0.4, -0.2) is 0 Å². The Morgan fingerprint density at radius 2 is 1.95 bits per heavy atom. The van der Waals surface area contributed by atoms with E-state index in [0.29, 0.717) is 15.2 Å². The average molecular weight is 359 g/mol. The van der Waals surface area contributed by atoms with E-state index in [-0.39, 0.29) is 17.7 Å². The molecule has 0 saturated carbocycles. The van der Waals surface area contributed by atoms with Gasteiger partial charge in [-0.25, -0.2) is 8.78 Å². The van der Waals surface area contributed by atoms with Gasteiger partial charge in [-0.3, -0.25) is 0 Å². The smallest absolute Gasteiger partial charge is 0.125 e. The Bertz CT molecular complexity index is 652. The van der Waals surface area contributed by atoms with Crippen molar-refractivity contribution in [3.05, 3.63) is 62.6 Å². The molecule has 3 rings (SSSR count). The van der Waals surface area contributed by atoms with Gasteiger partial charge in [0.25, 0.3) is 0 Å². The number of benzene rings is 2. The third-order valence-electron chi connectivity index (χ3n) is 3.51. The Kier molecular flexibility index (Phi) is 3.69. The van der Waals surface area contributed by atoms with Crippen LogP contribution in [-0.2, 0) is 6.42 Å². The molecule has 1 atom stereocenters. The van der Waals surface area contributed by atoms with Gasteiger partial charge in [0.15, 0.2) is 0 Å². The normalized spacial score (nSPS) is 17.1. The molecule has 20 heavy (non-hydrogen) atoms. The fourth-order valence-corrected chi connectivity index (χ4v) is 3.51. The largest absolute Gasteiger partial charge is 0.376 e. The zero-order chi connectivity index (χ0) is 14.3. The summed E-state index contributed by atoms with van der Waals surface area (Å²) in [5, 5.41) is 3.64. The van der Waals surface area contributed by atoms with Gasteiger partial charge in [0.05, 0.1) is 16.8 Å². The summed E-state index contributed by atoms with van der Waals surface area (Å²) in [5.41, 5.74) is 2.74. The van der Waals surface area contributed by atoms with Gasteiger partial charge in [-0.15, -0.1) is 0 Å². The second-order valence-electron chi connectivity index (χ2n) is 4.82. The van der Waals surface area contributed by atoms with Gasteiger partial charge in [-0.05, 0) is 64.2 Å². The van der Waals surface area contributed by atoms with Gasteiger partial charge in [-0.2, -0.15) is 0 Å². The van der Waals surface area contributed by atoms with Crippen LogP contribution in [0.15, 0.2) is 34.8 Å². The summed E-state index contributed by atoms with van der Waals surface area (Å²) in [4.78, 5) is 0. The summed E-state index contributed by atoms with van der Waals surface area (Å²) in [5.74, 6) is -0.605. The van der Waals surface area contributed by atoms with Crippen LogP contribution in [0.1, 0.15) is 23.6 Å². The maximum absolute atomic E-state index is 13.2. The maximum Gasteiger partial charge on any atom is 0.125 e. The van der Waals surface area contributed by atoms with Gasteiger partial charge in [0.1, 0.15) is 11.6 Å². The Labute approximate surface area is 129 Å². The number of nitrogens with one attached hydrogen (secondary N) is 1. The Morgan fingerprint density at radius 3 is 2.70 bits per heavy atom. The summed E-state index contributed by atoms with van der Waals surface area (Å²) in [6, 6.07) is 7.52. The average Bonchev–Trinajstić information content (AvgIpc) is 2.76. The number of hydrogen-bond donors (Lipinski definition) is 1. The van der Waals surface area contributed by atoms with E-state index in [9.17, 15) is 8.78 Å². The summed E-state index contributed by atoms with van der Waals surface area (Å²) >= 11 is 9.38. The van der Waals surface area contributed by atoms with Crippen molar-refractivity contribution in [1.29, 1.82) is 0 Å². The molecule has 2 aromatic rings. The lowest BCUT2D eigenvalue weighted by Crippen LogP contribution is -2.08. The third-order valence-corrected chi connectivity index (χ3v) is 4.43. The molecule has 104 valence electrons. The maximum atomic E-state index is 13.2. The molecule has 1 aliphatic carbocycles. The molecule has 0 aliphatic heterocycles. The molecule has 0 bridgehead atoms. The molecule has 0 aromatic heterocycles. The van der Waals surface area contributed by atoms with Crippen LogP contribution in [0, 0.1) is 11.6 Å². The van der Waals surface area contributed by atoms with Crippen LogP contribution in [0.25, 0.3) is 0 Å². The number of rotatable bonds is 2. The van der Waals surface area contributed by atoms with E-state index < -0.39 is 0 Å². The summed E-state index contributed by atoms with van der Waals surface area (Å²) in [6.07, 6.45) is 1.68. The minimum Gasteiger partial charge on any atom is -0.376 e. The molecule has 0 radical (unpaired) electrons. The molecule has 1 aliphatic rings. The predicted octanol–water partition coefficient (Wildman–Crippen LogP) is 5.48. The highest BCUT2D eigenvalue weighted by molar-refractivity contribution is 9.10. The quantitative estimate of drug-likeness (QED) is 0.749. The zero-order valence-electron chi connectivity index (χ0n) is 10.4. The van der Waals surface area contributed by atoms with Crippen molar-refractivity contribution in [1.82, 2.24) is 0 Å². The third kappa shape index (κ3) is 2.54. The first-order chi connectivity index (χ1) is 9.54. The predicted molar refractivity (Wildman–Crippen MR) is 80.2 cm³/mol. The van der Waals surface area contributed by atoms with Crippen molar-refractivity contribution in [2.75, 3.05) is 5.32 Å². The van der Waals surface area contributed by atoms with E-state index in [4.69, 9.17) is 11.6 Å². The summed E-state index contributed by atoms with van der Waals surface area (Å²) in [7, 11) is 0. The Balaban J connectivity index is 1.91. The van der Waals surface area contributed by atoms with Gasteiger partial charge >= 0.3 is 0 Å². The molecule has 0 heterocycles. The van der Waals surface area contributed by atoms with Gasteiger partial charge in [-0.1, -0.05) is 17.7 Å². The first-order valence-corrected chi connectivity index (χ1v) is 7.41. The lowest BCUT2D eigenvalue weighted by Gasteiger charge is -2.18. The summed E-state index contributed by atoms with van der Waals surface area (Å²) < 4.78 is 27.0. The lowest BCUT2D eigenvalue weighted by atomic mass is 10.1.